The van der Waals surface area contributed by atoms with Crippen LogP contribution in [-0.2, 0) is 0 Å². The lowest BCUT2D eigenvalue weighted by atomic mass is 9.92. The van der Waals surface area contributed by atoms with Crippen molar-refractivity contribution in [1.29, 1.82) is 0 Å². The fourth-order valence-corrected chi connectivity index (χ4v) is 3.42. The lowest BCUT2D eigenvalue weighted by Gasteiger charge is -2.26. The average molecular weight is 301 g/mol. The molecule has 5 heteroatoms. The molecule has 0 aliphatic heterocycles. The van der Waals surface area contributed by atoms with Gasteiger partial charge in [0.2, 0.25) is 0 Å². The number of rotatable bonds is 3. The highest BCUT2D eigenvalue weighted by Gasteiger charge is 2.21. The van der Waals surface area contributed by atoms with Gasteiger partial charge in [0.15, 0.2) is 0 Å². The van der Waals surface area contributed by atoms with Crippen molar-refractivity contribution in [3.8, 4) is 10.6 Å². The largest absolute Gasteiger partial charge is 0.348 e. The Morgan fingerprint density at radius 3 is 2.62 bits per heavy atom. The van der Waals surface area contributed by atoms with Gasteiger partial charge in [-0.2, -0.15) is 0 Å². The van der Waals surface area contributed by atoms with Gasteiger partial charge in [0, 0.05) is 23.0 Å². The zero-order valence-corrected chi connectivity index (χ0v) is 12.6. The smallest absolute Gasteiger partial charge is 0.270 e. The molecule has 1 heterocycles. The van der Waals surface area contributed by atoms with Gasteiger partial charge < -0.3 is 11.1 Å². The lowest BCUT2D eigenvalue weighted by molar-refractivity contribution is 0.0921. The van der Waals surface area contributed by atoms with Gasteiger partial charge in [-0.3, -0.25) is 4.79 Å². The van der Waals surface area contributed by atoms with Crippen LogP contribution in [-0.4, -0.2) is 23.0 Å². The number of carbonyl (C=O) groups is 1. The zero-order valence-electron chi connectivity index (χ0n) is 11.8. The van der Waals surface area contributed by atoms with E-state index in [1.165, 1.54) is 11.3 Å². The summed E-state index contributed by atoms with van der Waals surface area (Å²) in [6, 6.07) is 10.5. The topological polar surface area (TPSA) is 68.0 Å². The number of aromatic nitrogens is 1. The summed E-state index contributed by atoms with van der Waals surface area (Å²) in [7, 11) is 0. The molecule has 1 aromatic heterocycles. The number of nitrogens with two attached hydrogens (primary N) is 1. The monoisotopic (exact) mass is 301 g/mol. The first-order chi connectivity index (χ1) is 10.2. The second-order valence-corrected chi connectivity index (χ2v) is 6.35. The first-order valence-corrected chi connectivity index (χ1v) is 8.18. The Hall–Kier alpha value is -1.72. The molecule has 2 aromatic rings. The van der Waals surface area contributed by atoms with E-state index in [4.69, 9.17) is 5.73 Å². The summed E-state index contributed by atoms with van der Waals surface area (Å²) < 4.78 is 0. The summed E-state index contributed by atoms with van der Waals surface area (Å²) in [5, 5.41) is 5.78. The molecule has 1 aromatic carbocycles. The second-order valence-electron chi connectivity index (χ2n) is 5.49. The van der Waals surface area contributed by atoms with Gasteiger partial charge in [0.1, 0.15) is 10.7 Å². The molecule has 1 aliphatic rings. The predicted octanol–water partition coefficient (Wildman–Crippen LogP) is 2.81. The highest BCUT2D eigenvalue weighted by molar-refractivity contribution is 7.13. The number of thiazole rings is 1. The van der Waals surface area contributed by atoms with Crippen LogP contribution in [0.15, 0.2) is 35.7 Å². The van der Waals surface area contributed by atoms with Crippen molar-refractivity contribution in [2.75, 3.05) is 0 Å². The highest BCUT2D eigenvalue weighted by Crippen LogP contribution is 2.23. The molecule has 1 saturated carbocycles. The van der Waals surface area contributed by atoms with Gasteiger partial charge >= 0.3 is 0 Å². The van der Waals surface area contributed by atoms with Gasteiger partial charge in [-0.25, -0.2) is 4.98 Å². The van der Waals surface area contributed by atoms with Crippen LogP contribution >= 0.6 is 11.3 Å². The van der Waals surface area contributed by atoms with Gasteiger partial charge in [0.05, 0.1) is 0 Å². The van der Waals surface area contributed by atoms with Crippen molar-refractivity contribution >= 4 is 17.2 Å². The number of benzene rings is 1. The van der Waals surface area contributed by atoms with E-state index in [9.17, 15) is 4.79 Å². The average Bonchev–Trinajstić information content (AvgIpc) is 3.00. The third kappa shape index (κ3) is 3.49. The van der Waals surface area contributed by atoms with E-state index in [1.54, 1.807) is 0 Å². The standard InChI is InChI=1S/C16H19N3OS/c17-12-6-8-13(9-7-12)18-15(20)14-10-21-16(19-14)11-4-2-1-3-5-11/h1-5,10,12-13H,6-9,17H2,(H,18,20). The van der Waals surface area contributed by atoms with Crippen molar-refractivity contribution in [2.24, 2.45) is 5.73 Å². The fraction of sp³-hybridized carbons (Fsp3) is 0.375. The molecule has 110 valence electrons. The van der Waals surface area contributed by atoms with Crippen molar-refractivity contribution in [2.45, 2.75) is 37.8 Å². The summed E-state index contributed by atoms with van der Waals surface area (Å²) >= 11 is 1.50. The first kappa shape index (κ1) is 14.2. The molecular formula is C16H19N3OS. The first-order valence-electron chi connectivity index (χ1n) is 7.30. The Balaban J connectivity index is 1.64. The van der Waals surface area contributed by atoms with Crippen LogP contribution in [0.2, 0.25) is 0 Å². The molecule has 4 nitrogen and oxygen atoms in total. The summed E-state index contributed by atoms with van der Waals surface area (Å²) in [6.45, 7) is 0. The zero-order chi connectivity index (χ0) is 14.7. The molecule has 0 unspecified atom stereocenters. The number of hydrogen-bond acceptors (Lipinski definition) is 4. The molecule has 0 bridgehead atoms. The van der Waals surface area contributed by atoms with Crippen molar-refractivity contribution in [1.82, 2.24) is 10.3 Å². The van der Waals surface area contributed by atoms with Crippen LogP contribution in [0.5, 0.6) is 0 Å². The van der Waals surface area contributed by atoms with E-state index in [2.05, 4.69) is 10.3 Å². The quantitative estimate of drug-likeness (QED) is 0.916. The molecule has 0 atom stereocenters. The van der Waals surface area contributed by atoms with Gasteiger partial charge in [-0.05, 0) is 25.7 Å². The Kier molecular flexibility index (Phi) is 4.31. The number of amides is 1. The van der Waals surface area contributed by atoms with E-state index in [0.29, 0.717) is 11.7 Å². The Labute approximate surface area is 128 Å². The van der Waals surface area contributed by atoms with Crippen LogP contribution in [0.1, 0.15) is 36.2 Å². The highest BCUT2D eigenvalue weighted by atomic mass is 32.1. The Morgan fingerprint density at radius 2 is 1.90 bits per heavy atom. The normalized spacial score (nSPS) is 22.0. The molecule has 3 rings (SSSR count). The van der Waals surface area contributed by atoms with Crippen molar-refractivity contribution in [3.63, 3.8) is 0 Å². The molecule has 0 radical (unpaired) electrons. The fourth-order valence-electron chi connectivity index (χ4n) is 2.61. The molecule has 1 aliphatic carbocycles. The number of hydrogen-bond donors (Lipinski definition) is 2. The van der Waals surface area contributed by atoms with E-state index in [-0.39, 0.29) is 11.9 Å². The Morgan fingerprint density at radius 1 is 1.19 bits per heavy atom. The Bertz CT molecular complexity index is 603. The van der Waals surface area contributed by atoms with Gasteiger partial charge in [-0.1, -0.05) is 30.3 Å². The third-order valence-electron chi connectivity index (χ3n) is 3.86. The predicted molar refractivity (Wildman–Crippen MR) is 85.2 cm³/mol. The lowest BCUT2D eigenvalue weighted by Crippen LogP contribution is -2.40. The van der Waals surface area contributed by atoms with E-state index >= 15 is 0 Å². The second kappa shape index (κ2) is 6.37. The van der Waals surface area contributed by atoms with Crippen LogP contribution in [0.3, 0.4) is 0 Å². The van der Waals surface area contributed by atoms with E-state index in [1.807, 2.05) is 35.7 Å². The molecule has 1 amide bonds. The maximum atomic E-state index is 12.2. The maximum Gasteiger partial charge on any atom is 0.270 e. The molecule has 0 saturated heterocycles. The van der Waals surface area contributed by atoms with Crippen molar-refractivity contribution < 1.29 is 4.79 Å². The number of carbonyl (C=O) groups excluding carboxylic acids is 1. The van der Waals surface area contributed by atoms with Crippen LogP contribution in [0.4, 0.5) is 0 Å². The molecule has 1 fully saturated rings. The summed E-state index contributed by atoms with van der Waals surface area (Å²) in [4.78, 5) is 16.7. The van der Waals surface area contributed by atoms with Crippen LogP contribution < -0.4 is 11.1 Å². The third-order valence-corrected chi connectivity index (χ3v) is 4.76. The molecule has 3 N–H and O–H groups in total. The van der Waals surface area contributed by atoms with E-state index in [0.717, 1.165) is 36.3 Å². The summed E-state index contributed by atoms with van der Waals surface area (Å²) in [5.41, 5.74) is 7.44. The van der Waals surface area contributed by atoms with Crippen molar-refractivity contribution in [3.05, 3.63) is 41.4 Å². The SMILES string of the molecule is NC1CCC(NC(=O)c2csc(-c3ccccc3)n2)CC1. The van der Waals surface area contributed by atoms with Gasteiger partial charge in [-0.15, -0.1) is 11.3 Å². The van der Waals surface area contributed by atoms with Crippen LogP contribution in [0.25, 0.3) is 10.6 Å². The molecular weight excluding hydrogens is 282 g/mol. The van der Waals surface area contributed by atoms with Gasteiger partial charge in [0.25, 0.3) is 5.91 Å². The number of nitrogens with zero attached hydrogens (tertiary/aromatic N) is 1. The minimum Gasteiger partial charge on any atom is -0.348 e. The summed E-state index contributed by atoms with van der Waals surface area (Å²) in [6.07, 6.45) is 3.89. The minimum absolute atomic E-state index is 0.0751. The summed E-state index contributed by atoms with van der Waals surface area (Å²) in [5.74, 6) is -0.0751. The molecule has 21 heavy (non-hydrogen) atoms. The molecule has 0 spiro atoms. The minimum atomic E-state index is -0.0751. The maximum absolute atomic E-state index is 12.2. The number of nitrogens with one attached hydrogen (secondary N) is 1. The van der Waals surface area contributed by atoms with E-state index < -0.39 is 0 Å². The van der Waals surface area contributed by atoms with Crippen LogP contribution in [0, 0.1) is 0 Å².